The molecule has 1 aromatic heterocycles. The Hall–Kier alpha value is -2.21. The van der Waals surface area contributed by atoms with Crippen LogP contribution in [0.3, 0.4) is 0 Å². The summed E-state index contributed by atoms with van der Waals surface area (Å²) in [6.45, 7) is 3.68. The Bertz CT molecular complexity index is 754. The van der Waals surface area contributed by atoms with Crippen LogP contribution in [-0.2, 0) is 16.0 Å². The summed E-state index contributed by atoms with van der Waals surface area (Å²) in [5.74, 6) is -0.591. The number of benzene rings is 1. The number of thiazole rings is 1. The summed E-state index contributed by atoms with van der Waals surface area (Å²) in [6.07, 6.45) is 0.478. The molecule has 0 unspecified atom stereocenters. The molecule has 0 saturated heterocycles. The summed E-state index contributed by atoms with van der Waals surface area (Å²) in [5.41, 5.74) is 2.44. The molecular weight excluding hydrogens is 300 g/mol. The number of rotatable bonds is 2. The number of carbonyl (C=O) groups is 2. The lowest BCUT2D eigenvalue weighted by Crippen LogP contribution is -2.43. The molecule has 3 rings (SSSR count). The van der Waals surface area contributed by atoms with Crippen LogP contribution in [0.25, 0.3) is 0 Å². The number of aryl methyl sites for hydroxylation is 2. The molecule has 0 N–H and O–H groups in total. The fourth-order valence-electron chi connectivity index (χ4n) is 2.80. The smallest absolute Gasteiger partial charge is 0.329 e. The molecule has 1 aromatic carbocycles. The third-order valence-corrected chi connectivity index (χ3v) is 4.83. The monoisotopic (exact) mass is 316 g/mol. The maximum atomic E-state index is 13.0. The first kappa shape index (κ1) is 14.7. The van der Waals surface area contributed by atoms with Crippen molar-refractivity contribution < 1.29 is 14.3 Å². The van der Waals surface area contributed by atoms with Gasteiger partial charge in [-0.1, -0.05) is 18.2 Å². The SMILES string of the molecule is COC(=O)[C@H]1Cc2ccccc2N1C(=O)c1sc(C)nc1C. The minimum atomic E-state index is -0.614. The quantitative estimate of drug-likeness (QED) is 0.799. The van der Waals surface area contributed by atoms with Gasteiger partial charge in [0.2, 0.25) is 0 Å². The molecule has 0 fully saturated rings. The lowest BCUT2D eigenvalue weighted by molar-refractivity contribution is -0.141. The largest absolute Gasteiger partial charge is 0.467 e. The summed E-state index contributed by atoms with van der Waals surface area (Å²) in [7, 11) is 1.34. The van der Waals surface area contributed by atoms with Gasteiger partial charge in [-0.25, -0.2) is 9.78 Å². The van der Waals surface area contributed by atoms with Crippen molar-refractivity contribution in [2.24, 2.45) is 0 Å². The van der Waals surface area contributed by atoms with Crippen molar-refractivity contribution in [3.63, 3.8) is 0 Å². The minimum absolute atomic E-state index is 0.191. The summed E-state index contributed by atoms with van der Waals surface area (Å²) < 4.78 is 4.87. The summed E-state index contributed by atoms with van der Waals surface area (Å²) in [5, 5.41) is 0.836. The second kappa shape index (κ2) is 5.53. The number of hydrogen-bond acceptors (Lipinski definition) is 5. The maximum absolute atomic E-state index is 13.0. The zero-order valence-corrected chi connectivity index (χ0v) is 13.4. The number of para-hydroxylation sites is 1. The average Bonchev–Trinajstić information content (AvgIpc) is 3.05. The highest BCUT2D eigenvalue weighted by Crippen LogP contribution is 2.35. The molecule has 0 aliphatic carbocycles. The first-order valence-corrected chi connectivity index (χ1v) is 7.78. The first-order chi connectivity index (χ1) is 10.5. The molecule has 1 amide bonds. The number of nitrogens with zero attached hydrogens (tertiary/aromatic N) is 2. The first-order valence-electron chi connectivity index (χ1n) is 6.96. The third kappa shape index (κ3) is 2.29. The molecule has 2 aromatic rings. The Kier molecular flexibility index (Phi) is 3.70. The van der Waals surface area contributed by atoms with Crippen molar-refractivity contribution in [3.8, 4) is 0 Å². The van der Waals surface area contributed by atoms with Crippen molar-refractivity contribution in [2.45, 2.75) is 26.3 Å². The zero-order chi connectivity index (χ0) is 15.9. The van der Waals surface area contributed by atoms with Crippen molar-refractivity contribution in [1.29, 1.82) is 0 Å². The van der Waals surface area contributed by atoms with Crippen molar-refractivity contribution in [1.82, 2.24) is 4.98 Å². The van der Waals surface area contributed by atoms with Crippen LogP contribution in [-0.4, -0.2) is 30.0 Å². The van der Waals surface area contributed by atoms with Crippen LogP contribution in [0, 0.1) is 13.8 Å². The van der Waals surface area contributed by atoms with E-state index in [1.165, 1.54) is 18.4 Å². The lowest BCUT2D eigenvalue weighted by Gasteiger charge is -2.23. The number of hydrogen-bond donors (Lipinski definition) is 0. The fourth-order valence-corrected chi connectivity index (χ4v) is 3.66. The topological polar surface area (TPSA) is 59.5 Å². The maximum Gasteiger partial charge on any atom is 0.329 e. The van der Waals surface area contributed by atoms with Gasteiger partial charge in [-0.05, 0) is 25.5 Å². The number of fused-ring (bicyclic) bond motifs is 1. The molecule has 5 nitrogen and oxygen atoms in total. The van der Waals surface area contributed by atoms with Gasteiger partial charge in [0.25, 0.3) is 5.91 Å². The van der Waals surface area contributed by atoms with E-state index >= 15 is 0 Å². The standard InChI is InChI=1S/C16H16N2O3S/c1-9-14(22-10(2)17-9)15(19)18-12-7-5-4-6-11(12)8-13(18)16(20)21-3/h4-7,13H,8H2,1-3H3/t13-/m1/s1. The average molecular weight is 316 g/mol. The Morgan fingerprint density at radius 3 is 2.68 bits per heavy atom. The van der Waals surface area contributed by atoms with Crippen LogP contribution in [0.5, 0.6) is 0 Å². The highest BCUT2D eigenvalue weighted by atomic mass is 32.1. The van der Waals surface area contributed by atoms with Gasteiger partial charge in [0.05, 0.1) is 17.8 Å². The lowest BCUT2D eigenvalue weighted by atomic mass is 10.1. The Morgan fingerprint density at radius 1 is 1.32 bits per heavy atom. The van der Waals surface area contributed by atoms with Crippen LogP contribution in [0.2, 0.25) is 0 Å². The second-order valence-electron chi connectivity index (χ2n) is 5.19. The highest BCUT2D eigenvalue weighted by Gasteiger charge is 2.40. The van der Waals surface area contributed by atoms with Crippen LogP contribution < -0.4 is 4.90 Å². The van der Waals surface area contributed by atoms with E-state index in [4.69, 9.17) is 4.74 Å². The van der Waals surface area contributed by atoms with Gasteiger partial charge in [-0.15, -0.1) is 11.3 Å². The third-order valence-electron chi connectivity index (χ3n) is 3.77. The van der Waals surface area contributed by atoms with E-state index in [-0.39, 0.29) is 5.91 Å². The Labute approximate surface area is 132 Å². The number of amides is 1. The molecule has 0 bridgehead atoms. The molecule has 1 aliphatic heterocycles. The Balaban J connectivity index is 2.06. The van der Waals surface area contributed by atoms with E-state index in [0.717, 1.165) is 16.3 Å². The van der Waals surface area contributed by atoms with Crippen LogP contribution in [0.15, 0.2) is 24.3 Å². The predicted octanol–water partition coefficient (Wildman–Crippen LogP) is 2.50. The van der Waals surface area contributed by atoms with Crippen molar-refractivity contribution in [3.05, 3.63) is 45.4 Å². The number of carbonyl (C=O) groups excluding carboxylic acids is 2. The van der Waals surface area contributed by atoms with Crippen LogP contribution in [0.4, 0.5) is 5.69 Å². The molecule has 1 atom stereocenters. The van der Waals surface area contributed by atoms with E-state index in [1.807, 2.05) is 38.1 Å². The fraction of sp³-hybridized carbons (Fsp3) is 0.312. The highest BCUT2D eigenvalue weighted by molar-refractivity contribution is 7.13. The normalized spacial score (nSPS) is 16.5. The minimum Gasteiger partial charge on any atom is -0.467 e. The van der Waals surface area contributed by atoms with Gasteiger partial charge >= 0.3 is 5.97 Å². The summed E-state index contributed by atoms with van der Waals surface area (Å²) in [4.78, 5) is 31.5. The van der Waals surface area contributed by atoms with E-state index in [2.05, 4.69) is 4.98 Å². The molecule has 0 spiro atoms. The molecule has 6 heteroatoms. The predicted molar refractivity (Wildman–Crippen MR) is 84.3 cm³/mol. The number of methoxy groups -OCH3 is 1. The van der Waals surface area contributed by atoms with E-state index in [1.54, 1.807) is 4.90 Å². The van der Waals surface area contributed by atoms with Gasteiger partial charge in [0, 0.05) is 12.1 Å². The van der Waals surface area contributed by atoms with Gasteiger partial charge in [-0.2, -0.15) is 0 Å². The number of anilines is 1. The van der Waals surface area contributed by atoms with Gasteiger partial charge in [0.15, 0.2) is 0 Å². The zero-order valence-electron chi connectivity index (χ0n) is 12.6. The molecule has 0 radical (unpaired) electrons. The molecule has 0 saturated carbocycles. The number of aromatic nitrogens is 1. The van der Waals surface area contributed by atoms with E-state index < -0.39 is 12.0 Å². The second-order valence-corrected chi connectivity index (χ2v) is 6.40. The van der Waals surface area contributed by atoms with Crippen LogP contribution >= 0.6 is 11.3 Å². The van der Waals surface area contributed by atoms with Gasteiger partial charge in [-0.3, -0.25) is 9.69 Å². The van der Waals surface area contributed by atoms with E-state index in [0.29, 0.717) is 17.0 Å². The van der Waals surface area contributed by atoms with Gasteiger partial charge < -0.3 is 4.74 Å². The van der Waals surface area contributed by atoms with Gasteiger partial charge in [0.1, 0.15) is 10.9 Å². The van der Waals surface area contributed by atoms with Crippen LogP contribution in [0.1, 0.15) is 25.9 Å². The number of ether oxygens (including phenoxy) is 1. The van der Waals surface area contributed by atoms with E-state index in [9.17, 15) is 9.59 Å². The number of esters is 1. The van der Waals surface area contributed by atoms with Crippen molar-refractivity contribution in [2.75, 3.05) is 12.0 Å². The molecule has 22 heavy (non-hydrogen) atoms. The molecular formula is C16H16N2O3S. The molecule has 114 valence electrons. The Morgan fingerprint density at radius 2 is 2.05 bits per heavy atom. The van der Waals surface area contributed by atoms with Crippen molar-refractivity contribution >= 4 is 28.9 Å². The molecule has 1 aliphatic rings. The summed E-state index contributed by atoms with van der Waals surface area (Å²) >= 11 is 1.35. The molecule has 2 heterocycles. The summed E-state index contributed by atoms with van der Waals surface area (Å²) in [6, 6.07) is 6.95.